The molecule has 6 nitrogen and oxygen atoms in total. The van der Waals surface area contributed by atoms with Crippen LogP contribution in [0.3, 0.4) is 0 Å². The standard InChI is InChI=1S/C26H33N3O3S/c1-6-26-11-7-12-28-13-10-19-20-14-18(33(4,5,30)31)8-9-21(20)29(23(19)24(26)28)22(15-26)25-27-16(2)17(3)32-25/h8-9,14-15,24H,6-7,10-13H2,1-5H3,(H,30,31)/t24?,26-/m0/s1. The Kier molecular flexibility index (Phi) is 4.18. The quantitative estimate of drug-likeness (QED) is 0.577. The minimum Gasteiger partial charge on any atom is -0.440 e. The molecule has 5 heterocycles. The van der Waals surface area contributed by atoms with Crippen LogP contribution >= 0.6 is 0 Å². The van der Waals surface area contributed by atoms with E-state index < -0.39 is 9.35 Å². The summed E-state index contributed by atoms with van der Waals surface area (Å²) in [5, 5.41) is 1.09. The summed E-state index contributed by atoms with van der Waals surface area (Å²) in [7, 11) is -3.85. The van der Waals surface area contributed by atoms with E-state index in [1.807, 2.05) is 32.0 Å². The number of hydrogen-bond acceptors (Lipinski definition) is 4. The van der Waals surface area contributed by atoms with Crippen LogP contribution in [0.15, 0.2) is 33.6 Å². The zero-order valence-corrected chi connectivity index (χ0v) is 21.0. The van der Waals surface area contributed by atoms with Crippen LogP contribution in [0.1, 0.15) is 60.8 Å². The minimum atomic E-state index is -3.85. The highest BCUT2D eigenvalue weighted by atomic mass is 32.3. The fourth-order valence-electron chi connectivity index (χ4n) is 6.41. The zero-order chi connectivity index (χ0) is 23.4. The second-order valence-corrected chi connectivity index (χ2v) is 14.7. The van der Waals surface area contributed by atoms with Crippen molar-refractivity contribution < 1.29 is 13.2 Å². The van der Waals surface area contributed by atoms with Crippen molar-refractivity contribution in [1.29, 1.82) is 0 Å². The van der Waals surface area contributed by atoms with E-state index in [-0.39, 0.29) is 5.41 Å². The molecule has 0 spiro atoms. The summed E-state index contributed by atoms with van der Waals surface area (Å²) < 4.78 is 32.3. The highest BCUT2D eigenvalue weighted by molar-refractivity contribution is 8.14. The van der Waals surface area contributed by atoms with E-state index in [4.69, 9.17) is 9.40 Å². The van der Waals surface area contributed by atoms with Crippen molar-refractivity contribution in [2.24, 2.45) is 5.41 Å². The number of fused-ring (bicyclic) bond motifs is 3. The third-order valence-corrected chi connectivity index (χ3v) is 9.83. The van der Waals surface area contributed by atoms with E-state index in [9.17, 15) is 8.76 Å². The van der Waals surface area contributed by atoms with Gasteiger partial charge in [-0.25, -0.2) is 9.19 Å². The molecule has 33 heavy (non-hydrogen) atoms. The zero-order valence-electron chi connectivity index (χ0n) is 20.1. The maximum atomic E-state index is 13.0. The summed E-state index contributed by atoms with van der Waals surface area (Å²) in [6.07, 6.45) is 9.65. The van der Waals surface area contributed by atoms with Gasteiger partial charge >= 0.3 is 0 Å². The molecule has 0 bridgehead atoms. The summed E-state index contributed by atoms with van der Waals surface area (Å²) in [6, 6.07) is 6.11. The monoisotopic (exact) mass is 467 g/mol. The molecule has 0 radical (unpaired) electrons. The molecule has 1 saturated heterocycles. The Labute approximate surface area is 194 Å². The first-order chi connectivity index (χ1) is 15.5. The van der Waals surface area contributed by atoms with Gasteiger partial charge in [0.15, 0.2) is 0 Å². The molecule has 176 valence electrons. The molecule has 2 atom stereocenters. The van der Waals surface area contributed by atoms with Crippen molar-refractivity contribution in [2.45, 2.75) is 57.4 Å². The van der Waals surface area contributed by atoms with Gasteiger partial charge in [-0.1, -0.05) is 6.92 Å². The van der Waals surface area contributed by atoms with Crippen molar-refractivity contribution in [2.75, 3.05) is 25.6 Å². The van der Waals surface area contributed by atoms with E-state index >= 15 is 0 Å². The van der Waals surface area contributed by atoms with Crippen molar-refractivity contribution in [3.05, 3.63) is 52.9 Å². The number of piperidine rings is 1. The van der Waals surface area contributed by atoms with Crippen LogP contribution in [0.2, 0.25) is 0 Å². The van der Waals surface area contributed by atoms with E-state index in [0.29, 0.717) is 16.8 Å². The Balaban J connectivity index is 1.71. The number of benzene rings is 1. The summed E-state index contributed by atoms with van der Waals surface area (Å²) in [5.74, 6) is 1.51. The summed E-state index contributed by atoms with van der Waals surface area (Å²) >= 11 is 0. The van der Waals surface area contributed by atoms with Crippen molar-refractivity contribution in [3.8, 4) is 0 Å². The molecule has 0 amide bonds. The molecule has 1 unspecified atom stereocenters. The van der Waals surface area contributed by atoms with Crippen LogP contribution in [0.25, 0.3) is 16.6 Å². The molecule has 0 saturated carbocycles. The first-order valence-electron chi connectivity index (χ1n) is 11.9. The lowest BCUT2D eigenvalue weighted by Crippen LogP contribution is -2.50. The predicted octanol–water partition coefficient (Wildman–Crippen LogP) is 5.15. The average Bonchev–Trinajstić information content (AvgIpc) is 3.28. The van der Waals surface area contributed by atoms with Gasteiger partial charge in [-0.3, -0.25) is 9.45 Å². The van der Waals surface area contributed by atoms with Crippen LogP contribution in [0, 0.1) is 19.3 Å². The van der Waals surface area contributed by atoms with Gasteiger partial charge in [-0.15, -0.1) is 0 Å². The average molecular weight is 468 g/mol. The molecule has 1 aromatic carbocycles. The predicted molar refractivity (Wildman–Crippen MR) is 132 cm³/mol. The largest absolute Gasteiger partial charge is 0.440 e. The number of rotatable bonds is 3. The van der Waals surface area contributed by atoms with Gasteiger partial charge in [0, 0.05) is 35.6 Å². The van der Waals surface area contributed by atoms with Crippen molar-refractivity contribution in [3.63, 3.8) is 0 Å². The molecular formula is C26H33N3O3S. The molecule has 1 N–H and O–H groups in total. The fourth-order valence-corrected chi connectivity index (χ4v) is 7.32. The molecule has 6 rings (SSSR count). The first-order valence-corrected chi connectivity index (χ1v) is 14.7. The van der Waals surface area contributed by atoms with E-state index in [1.54, 1.807) is 0 Å². The second kappa shape index (κ2) is 6.46. The van der Waals surface area contributed by atoms with Crippen LogP contribution in [-0.2, 0) is 15.8 Å². The Bertz CT molecular complexity index is 1390. The van der Waals surface area contributed by atoms with Crippen LogP contribution in [-0.4, -0.2) is 48.8 Å². The van der Waals surface area contributed by atoms with Crippen LogP contribution in [0.4, 0.5) is 0 Å². The third kappa shape index (κ3) is 2.92. The summed E-state index contributed by atoms with van der Waals surface area (Å²) in [6.45, 7) is 8.40. The van der Waals surface area contributed by atoms with Gasteiger partial charge in [0.25, 0.3) is 0 Å². The lowest BCUT2D eigenvalue weighted by Gasteiger charge is -2.53. The lowest BCUT2D eigenvalue weighted by atomic mass is 9.66. The number of nitrogens with zero attached hydrogens (tertiary/aromatic N) is 3. The van der Waals surface area contributed by atoms with Gasteiger partial charge in [0.05, 0.1) is 22.1 Å². The highest BCUT2D eigenvalue weighted by Crippen LogP contribution is 2.57. The summed E-state index contributed by atoms with van der Waals surface area (Å²) in [5.41, 5.74) is 5.68. The molecular weight excluding hydrogens is 434 g/mol. The lowest BCUT2D eigenvalue weighted by molar-refractivity contribution is 0.0269. The fraction of sp³-hybridized carbons (Fsp3) is 0.500. The van der Waals surface area contributed by atoms with Crippen LogP contribution in [0.5, 0.6) is 0 Å². The highest BCUT2D eigenvalue weighted by Gasteiger charge is 2.51. The topological polar surface area (TPSA) is 71.5 Å². The molecule has 3 aliphatic rings. The minimum absolute atomic E-state index is 0.0368. The number of aromatic nitrogens is 2. The van der Waals surface area contributed by atoms with Crippen LogP contribution < -0.4 is 0 Å². The van der Waals surface area contributed by atoms with E-state index in [1.165, 1.54) is 30.2 Å². The third-order valence-electron chi connectivity index (χ3n) is 8.23. The maximum Gasteiger partial charge on any atom is 0.243 e. The Morgan fingerprint density at radius 3 is 2.73 bits per heavy atom. The second-order valence-electron chi connectivity index (χ2n) is 10.7. The van der Waals surface area contributed by atoms with Gasteiger partial charge < -0.3 is 8.98 Å². The summed E-state index contributed by atoms with van der Waals surface area (Å²) in [4.78, 5) is 7.96. The molecule has 3 aliphatic heterocycles. The SMILES string of the molecule is CC[C@@]12C=C(c3nc(C)c(C)o3)n3c4c(c5cc(S(C)(C)(=O)O)ccc53)CCN(CCC1)C42. The smallest absolute Gasteiger partial charge is 0.243 e. The van der Waals surface area contributed by atoms with Crippen molar-refractivity contribution >= 4 is 25.9 Å². The Morgan fingerprint density at radius 1 is 1.27 bits per heavy atom. The van der Waals surface area contributed by atoms with E-state index in [0.717, 1.165) is 60.4 Å². The number of aryl methyl sites for hydroxylation is 2. The normalized spacial score (nSPS) is 26.1. The molecule has 7 heteroatoms. The van der Waals surface area contributed by atoms with Gasteiger partial charge in [0.1, 0.15) is 11.5 Å². The molecule has 1 fully saturated rings. The Morgan fingerprint density at radius 2 is 2.06 bits per heavy atom. The number of oxazole rings is 1. The van der Waals surface area contributed by atoms with Gasteiger partial charge in [-0.2, -0.15) is 9.35 Å². The van der Waals surface area contributed by atoms with Gasteiger partial charge in [0.2, 0.25) is 5.89 Å². The maximum absolute atomic E-state index is 13.0. The van der Waals surface area contributed by atoms with Gasteiger partial charge in [-0.05, 0) is 75.9 Å². The first kappa shape index (κ1) is 21.3. The Hall–Kier alpha value is -2.22. The molecule has 0 aliphatic carbocycles. The van der Waals surface area contributed by atoms with E-state index in [2.05, 4.69) is 22.5 Å². The number of hydrogen-bond donors (Lipinski definition) is 1. The molecule has 2 aromatic heterocycles. The molecule has 3 aromatic rings. The van der Waals surface area contributed by atoms with Crippen molar-refractivity contribution in [1.82, 2.24) is 14.5 Å².